The molecule has 0 saturated carbocycles. The van der Waals surface area contributed by atoms with Crippen LogP contribution in [0.2, 0.25) is 0 Å². The lowest BCUT2D eigenvalue weighted by Crippen LogP contribution is -1.91. The maximum absolute atomic E-state index is 10.4. The van der Waals surface area contributed by atoms with Crippen molar-refractivity contribution in [1.29, 1.82) is 0 Å². The topological polar surface area (TPSA) is 50.2 Å². The van der Waals surface area contributed by atoms with Crippen molar-refractivity contribution in [3.05, 3.63) is 35.7 Å². The van der Waals surface area contributed by atoms with Crippen molar-refractivity contribution in [1.82, 2.24) is 4.98 Å². The first-order chi connectivity index (χ1) is 6.09. The van der Waals surface area contributed by atoms with Crippen LogP contribution in [0.4, 0.5) is 0 Å². The number of carboxylic acids is 1. The van der Waals surface area contributed by atoms with Crippen LogP contribution in [0, 0.1) is 6.92 Å². The number of rotatable bonds is 2. The molecule has 1 aromatic heterocycles. The molecule has 0 amide bonds. The lowest BCUT2D eigenvalue weighted by atomic mass is 10.1. The summed E-state index contributed by atoms with van der Waals surface area (Å²) in [6.07, 6.45) is 2.86. The van der Waals surface area contributed by atoms with E-state index >= 15 is 0 Å². The zero-order valence-electron chi connectivity index (χ0n) is 7.61. The first-order valence-corrected chi connectivity index (χ1v) is 3.94. The highest BCUT2D eigenvalue weighted by molar-refractivity contribution is 5.89. The molecule has 1 aromatic rings. The van der Waals surface area contributed by atoms with Gasteiger partial charge in [0, 0.05) is 18.0 Å². The molecule has 3 nitrogen and oxygen atoms in total. The highest BCUT2D eigenvalue weighted by Crippen LogP contribution is 2.12. The van der Waals surface area contributed by atoms with Gasteiger partial charge in [-0.3, -0.25) is 4.98 Å². The minimum absolute atomic E-state index is 0.734. The summed E-state index contributed by atoms with van der Waals surface area (Å²) in [6, 6.07) is 3.65. The van der Waals surface area contributed by atoms with Crippen molar-refractivity contribution < 1.29 is 9.90 Å². The summed E-state index contributed by atoms with van der Waals surface area (Å²) in [6.45, 7) is 3.64. The summed E-state index contributed by atoms with van der Waals surface area (Å²) >= 11 is 0. The number of carboxylic acid groups (broad SMARTS) is 1. The number of aliphatic carboxylic acids is 1. The van der Waals surface area contributed by atoms with Gasteiger partial charge in [-0.05, 0) is 37.1 Å². The summed E-state index contributed by atoms with van der Waals surface area (Å²) in [7, 11) is 0. The van der Waals surface area contributed by atoms with E-state index < -0.39 is 5.97 Å². The predicted octanol–water partition coefficient (Wildman–Crippen LogP) is 1.88. The van der Waals surface area contributed by atoms with E-state index in [1.54, 1.807) is 19.2 Å². The van der Waals surface area contributed by atoms with Crippen LogP contribution in [0.1, 0.15) is 18.2 Å². The Labute approximate surface area is 76.7 Å². The Kier molecular flexibility index (Phi) is 2.80. The predicted molar refractivity (Wildman–Crippen MR) is 50.3 cm³/mol. The van der Waals surface area contributed by atoms with Gasteiger partial charge in [0.05, 0.1) is 0 Å². The smallest absolute Gasteiger partial charge is 0.328 e. The van der Waals surface area contributed by atoms with E-state index in [0.717, 1.165) is 16.8 Å². The number of pyridine rings is 1. The third-order valence-electron chi connectivity index (χ3n) is 1.69. The molecule has 0 fully saturated rings. The van der Waals surface area contributed by atoms with Crippen LogP contribution < -0.4 is 0 Å². The molecule has 1 N–H and O–H groups in total. The largest absolute Gasteiger partial charge is 0.478 e. The summed E-state index contributed by atoms with van der Waals surface area (Å²) in [5.74, 6) is -0.924. The van der Waals surface area contributed by atoms with Gasteiger partial charge < -0.3 is 5.11 Å². The molecule has 0 unspecified atom stereocenters. The van der Waals surface area contributed by atoms with Gasteiger partial charge in [0.2, 0.25) is 0 Å². The second kappa shape index (κ2) is 3.85. The zero-order valence-corrected chi connectivity index (χ0v) is 7.61. The van der Waals surface area contributed by atoms with E-state index in [0.29, 0.717) is 0 Å². The molecule has 0 aliphatic heterocycles. The molecular weight excluding hydrogens is 166 g/mol. The van der Waals surface area contributed by atoms with Crippen LogP contribution in [-0.2, 0) is 4.79 Å². The minimum Gasteiger partial charge on any atom is -0.478 e. The maximum atomic E-state index is 10.4. The lowest BCUT2D eigenvalue weighted by molar-refractivity contribution is -0.131. The highest BCUT2D eigenvalue weighted by Gasteiger charge is 1.98. The van der Waals surface area contributed by atoms with E-state index in [-0.39, 0.29) is 0 Å². The molecule has 0 atom stereocenters. The van der Waals surface area contributed by atoms with Crippen molar-refractivity contribution in [2.75, 3.05) is 0 Å². The maximum Gasteiger partial charge on any atom is 0.328 e. The molecule has 3 heteroatoms. The molecule has 68 valence electrons. The molecule has 0 saturated heterocycles. The second-order valence-corrected chi connectivity index (χ2v) is 2.85. The van der Waals surface area contributed by atoms with Crippen LogP contribution >= 0.6 is 0 Å². The number of nitrogens with zero attached hydrogens (tertiary/aromatic N) is 1. The average Bonchev–Trinajstić information content (AvgIpc) is 2.03. The van der Waals surface area contributed by atoms with Crippen molar-refractivity contribution in [3.63, 3.8) is 0 Å². The summed E-state index contributed by atoms with van der Waals surface area (Å²) in [5, 5.41) is 8.52. The first-order valence-electron chi connectivity index (χ1n) is 3.94. The Morgan fingerprint density at radius 3 is 2.85 bits per heavy atom. The fourth-order valence-corrected chi connectivity index (χ4v) is 1.06. The van der Waals surface area contributed by atoms with Crippen molar-refractivity contribution in [3.8, 4) is 0 Å². The Balaban J connectivity index is 3.02. The average molecular weight is 177 g/mol. The van der Waals surface area contributed by atoms with Gasteiger partial charge in [0.25, 0.3) is 0 Å². The van der Waals surface area contributed by atoms with Gasteiger partial charge in [-0.2, -0.15) is 0 Å². The molecule has 0 spiro atoms. The molecule has 13 heavy (non-hydrogen) atoms. The molecule has 1 rings (SSSR count). The highest BCUT2D eigenvalue weighted by atomic mass is 16.4. The fraction of sp³-hybridized carbons (Fsp3) is 0.200. The normalized spacial score (nSPS) is 11.4. The van der Waals surface area contributed by atoms with Gasteiger partial charge in [0.1, 0.15) is 0 Å². The van der Waals surface area contributed by atoms with Gasteiger partial charge in [-0.1, -0.05) is 0 Å². The number of aromatic nitrogens is 1. The van der Waals surface area contributed by atoms with Crippen molar-refractivity contribution >= 4 is 11.5 Å². The third kappa shape index (κ3) is 2.71. The van der Waals surface area contributed by atoms with E-state index in [2.05, 4.69) is 4.98 Å². The standard InChI is InChI=1S/C10H11NO2/c1-7(5-10(12)13)9-3-4-11-8(2)6-9/h3-6H,1-2H3,(H,12,13). The second-order valence-electron chi connectivity index (χ2n) is 2.85. The van der Waals surface area contributed by atoms with E-state index in [1.807, 2.05) is 13.0 Å². The minimum atomic E-state index is -0.924. The number of hydrogen-bond acceptors (Lipinski definition) is 2. The van der Waals surface area contributed by atoms with Gasteiger partial charge >= 0.3 is 5.97 Å². The molecule has 1 heterocycles. The molecular formula is C10H11NO2. The van der Waals surface area contributed by atoms with E-state index in [9.17, 15) is 4.79 Å². The fourth-order valence-electron chi connectivity index (χ4n) is 1.06. The Hall–Kier alpha value is -1.64. The summed E-state index contributed by atoms with van der Waals surface area (Å²) < 4.78 is 0. The zero-order chi connectivity index (χ0) is 9.84. The van der Waals surface area contributed by atoms with Crippen LogP contribution in [-0.4, -0.2) is 16.1 Å². The Morgan fingerprint density at radius 1 is 1.62 bits per heavy atom. The lowest BCUT2D eigenvalue weighted by Gasteiger charge is -2.00. The molecule has 0 aromatic carbocycles. The third-order valence-corrected chi connectivity index (χ3v) is 1.69. The first kappa shape index (κ1) is 9.45. The molecule has 0 aliphatic carbocycles. The quantitative estimate of drug-likeness (QED) is 0.701. The monoisotopic (exact) mass is 177 g/mol. The Morgan fingerprint density at radius 2 is 2.31 bits per heavy atom. The van der Waals surface area contributed by atoms with Crippen molar-refractivity contribution in [2.24, 2.45) is 0 Å². The van der Waals surface area contributed by atoms with Gasteiger partial charge in [-0.15, -0.1) is 0 Å². The number of hydrogen-bond donors (Lipinski definition) is 1. The molecule has 0 radical (unpaired) electrons. The Bertz CT molecular complexity index is 356. The number of carbonyl (C=O) groups is 1. The van der Waals surface area contributed by atoms with E-state index in [4.69, 9.17) is 5.11 Å². The SMILES string of the molecule is CC(=CC(=O)O)c1ccnc(C)c1. The van der Waals surface area contributed by atoms with Crippen LogP contribution in [0.5, 0.6) is 0 Å². The summed E-state index contributed by atoms with van der Waals surface area (Å²) in [5.41, 5.74) is 2.52. The number of allylic oxidation sites excluding steroid dienone is 1. The molecule has 0 bridgehead atoms. The van der Waals surface area contributed by atoms with Gasteiger partial charge in [0.15, 0.2) is 0 Å². The number of aryl methyl sites for hydroxylation is 1. The van der Waals surface area contributed by atoms with E-state index in [1.165, 1.54) is 6.08 Å². The molecule has 0 aliphatic rings. The summed E-state index contributed by atoms with van der Waals surface area (Å²) in [4.78, 5) is 14.4. The van der Waals surface area contributed by atoms with Crippen molar-refractivity contribution in [2.45, 2.75) is 13.8 Å². The van der Waals surface area contributed by atoms with Crippen LogP contribution in [0.25, 0.3) is 5.57 Å². The van der Waals surface area contributed by atoms with Crippen LogP contribution in [0.3, 0.4) is 0 Å². The van der Waals surface area contributed by atoms with Crippen LogP contribution in [0.15, 0.2) is 24.4 Å². The van der Waals surface area contributed by atoms with Gasteiger partial charge in [-0.25, -0.2) is 4.79 Å².